The Morgan fingerprint density at radius 2 is 2.16 bits per heavy atom. The van der Waals surface area contributed by atoms with Crippen molar-refractivity contribution in [2.45, 2.75) is 46.1 Å². The van der Waals surface area contributed by atoms with Gasteiger partial charge in [-0.3, -0.25) is 0 Å². The monoisotopic (exact) mass is 261 g/mol. The van der Waals surface area contributed by atoms with Gasteiger partial charge in [0.25, 0.3) is 0 Å². The van der Waals surface area contributed by atoms with E-state index in [2.05, 4.69) is 23.4 Å². The first kappa shape index (κ1) is 12.5. The highest BCUT2D eigenvalue weighted by molar-refractivity contribution is 5.79. The van der Waals surface area contributed by atoms with E-state index in [9.17, 15) is 4.39 Å². The summed E-state index contributed by atoms with van der Waals surface area (Å²) in [7, 11) is 0. The molecular weight excluding hydrogens is 241 g/mol. The predicted octanol–water partition coefficient (Wildman–Crippen LogP) is 3.82. The first-order valence-corrected chi connectivity index (χ1v) is 6.84. The van der Waals surface area contributed by atoms with Crippen molar-refractivity contribution in [3.05, 3.63) is 23.5 Å². The Balaban J connectivity index is 2.23. The molecule has 0 amide bonds. The summed E-state index contributed by atoms with van der Waals surface area (Å²) in [5.41, 5.74) is 8.55. The Hall–Kier alpha value is -1.58. The molecule has 1 aliphatic rings. The lowest BCUT2D eigenvalue weighted by molar-refractivity contribution is 0.268. The molecule has 0 aliphatic heterocycles. The van der Waals surface area contributed by atoms with Crippen molar-refractivity contribution in [1.82, 2.24) is 9.55 Å². The van der Waals surface area contributed by atoms with Crippen molar-refractivity contribution in [2.75, 3.05) is 5.73 Å². The molecule has 0 saturated heterocycles. The van der Waals surface area contributed by atoms with Crippen molar-refractivity contribution in [2.24, 2.45) is 5.41 Å². The van der Waals surface area contributed by atoms with Crippen LogP contribution in [0.25, 0.3) is 11.0 Å². The smallest absolute Gasteiger partial charge is 0.201 e. The predicted molar refractivity (Wildman–Crippen MR) is 75.5 cm³/mol. The zero-order valence-electron chi connectivity index (χ0n) is 11.7. The fraction of sp³-hybridized carbons (Fsp3) is 0.533. The minimum Gasteiger partial charge on any atom is -0.369 e. The van der Waals surface area contributed by atoms with E-state index >= 15 is 0 Å². The third-order valence-corrected chi connectivity index (χ3v) is 4.51. The lowest BCUT2D eigenvalue weighted by Crippen LogP contribution is -2.22. The second-order valence-corrected chi connectivity index (χ2v) is 6.33. The zero-order chi connectivity index (χ0) is 13.8. The van der Waals surface area contributed by atoms with E-state index in [1.165, 1.54) is 18.9 Å². The van der Waals surface area contributed by atoms with Crippen molar-refractivity contribution in [3.63, 3.8) is 0 Å². The van der Waals surface area contributed by atoms with Gasteiger partial charge in [0.15, 0.2) is 0 Å². The highest BCUT2D eigenvalue weighted by Gasteiger charge is 2.37. The number of nitrogens with two attached hydrogens (primary N) is 1. The first-order chi connectivity index (χ1) is 8.90. The number of imidazole rings is 1. The van der Waals surface area contributed by atoms with Gasteiger partial charge in [-0.05, 0) is 36.8 Å². The Kier molecular flexibility index (Phi) is 2.59. The van der Waals surface area contributed by atoms with Crippen LogP contribution in [-0.4, -0.2) is 9.55 Å². The van der Waals surface area contributed by atoms with Crippen LogP contribution in [0.1, 0.15) is 44.7 Å². The summed E-state index contributed by atoms with van der Waals surface area (Å²) in [5, 5.41) is 0. The van der Waals surface area contributed by atoms with Gasteiger partial charge in [0, 0.05) is 12.1 Å². The first-order valence-electron chi connectivity index (χ1n) is 6.84. The number of fused-ring (bicyclic) bond motifs is 1. The van der Waals surface area contributed by atoms with Gasteiger partial charge in [0.1, 0.15) is 5.82 Å². The molecular formula is C15H20FN3. The molecule has 1 aromatic carbocycles. The molecule has 1 aliphatic carbocycles. The number of hydrogen-bond donors (Lipinski definition) is 1. The Morgan fingerprint density at radius 1 is 1.42 bits per heavy atom. The number of halogens is 1. The standard InChI is InChI=1S/C15H20FN3/c1-9-7-12-11(8-10(9)16)18-14(17)19(12)13-5-4-6-15(13,2)3/h7-8,13H,4-6H2,1-3H3,(H2,17,18). The maximum Gasteiger partial charge on any atom is 0.201 e. The van der Waals surface area contributed by atoms with Gasteiger partial charge in [-0.1, -0.05) is 20.3 Å². The van der Waals surface area contributed by atoms with Crippen molar-refractivity contribution < 1.29 is 4.39 Å². The van der Waals surface area contributed by atoms with Crippen LogP contribution in [0.3, 0.4) is 0 Å². The van der Waals surface area contributed by atoms with Crippen LogP contribution in [-0.2, 0) is 0 Å². The molecule has 4 heteroatoms. The molecule has 3 rings (SSSR count). The van der Waals surface area contributed by atoms with Crippen LogP contribution in [0.4, 0.5) is 10.3 Å². The molecule has 2 aromatic rings. The topological polar surface area (TPSA) is 43.8 Å². The number of nitrogen functional groups attached to an aromatic ring is 1. The summed E-state index contributed by atoms with van der Waals surface area (Å²) in [5.74, 6) is 0.280. The second-order valence-electron chi connectivity index (χ2n) is 6.33. The van der Waals surface area contributed by atoms with E-state index < -0.39 is 0 Å². The van der Waals surface area contributed by atoms with Gasteiger partial charge in [-0.15, -0.1) is 0 Å². The van der Waals surface area contributed by atoms with E-state index in [0.29, 0.717) is 23.1 Å². The molecule has 1 saturated carbocycles. The molecule has 102 valence electrons. The average Bonchev–Trinajstić information content (AvgIpc) is 2.79. The number of aryl methyl sites for hydroxylation is 1. The van der Waals surface area contributed by atoms with Crippen molar-refractivity contribution in [3.8, 4) is 0 Å². The summed E-state index contributed by atoms with van der Waals surface area (Å²) >= 11 is 0. The summed E-state index contributed by atoms with van der Waals surface area (Å²) in [6.45, 7) is 6.32. The number of anilines is 1. The van der Waals surface area contributed by atoms with E-state index in [-0.39, 0.29) is 11.2 Å². The minimum absolute atomic E-state index is 0.212. The molecule has 1 atom stereocenters. The molecule has 2 N–H and O–H groups in total. The normalized spacial score (nSPS) is 22.2. The molecule has 19 heavy (non-hydrogen) atoms. The molecule has 3 nitrogen and oxygen atoms in total. The molecule has 1 unspecified atom stereocenters. The quantitative estimate of drug-likeness (QED) is 0.848. The van der Waals surface area contributed by atoms with Gasteiger partial charge in [0.05, 0.1) is 11.0 Å². The maximum atomic E-state index is 13.6. The lowest BCUT2D eigenvalue weighted by Gasteiger charge is -2.29. The summed E-state index contributed by atoms with van der Waals surface area (Å²) in [4.78, 5) is 4.33. The molecule has 0 spiro atoms. The highest BCUT2D eigenvalue weighted by Crippen LogP contribution is 2.47. The van der Waals surface area contributed by atoms with Gasteiger partial charge in [-0.25, -0.2) is 9.37 Å². The third kappa shape index (κ3) is 1.81. The largest absolute Gasteiger partial charge is 0.369 e. The van der Waals surface area contributed by atoms with Crippen LogP contribution >= 0.6 is 0 Å². The number of nitrogens with zero attached hydrogens (tertiary/aromatic N) is 2. The molecule has 0 bridgehead atoms. The SMILES string of the molecule is Cc1cc2c(cc1F)nc(N)n2C1CCCC1(C)C. The van der Waals surface area contributed by atoms with E-state index in [1.807, 2.05) is 6.07 Å². The Morgan fingerprint density at radius 3 is 2.79 bits per heavy atom. The Labute approximate surface area is 112 Å². The van der Waals surface area contributed by atoms with Crippen molar-refractivity contribution in [1.29, 1.82) is 0 Å². The maximum absolute atomic E-state index is 13.6. The summed E-state index contributed by atoms with van der Waals surface area (Å²) < 4.78 is 15.7. The van der Waals surface area contributed by atoms with Gasteiger partial charge >= 0.3 is 0 Å². The fourth-order valence-electron chi connectivity index (χ4n) is 3.35. The molecule has 1 heterocycles. The van der Waals surface area contributed by atoms with Gasteiger partial charge in [-0.2, -0.15) is 0 Å². The van der Waals surface area contributed by atoms with Gasteiger partial charge < -0.3 is 10.3 Å². The zero-order valence-corrected chi connectivity index (χ0v) is 11.7. The molecule has 1 fully saturated rings. The number of hydrogen-bond acceptors (Lipinski definition) is 2. The van der Waals surface area contributed by atoms with Crippen LogP contribution in [0.15, 0.2) is 12.1 Å². The van der Waals surface area contributed by atoms with Crippen LogP contribution in [0, 0.1) is 18.2 Å². The third-order valence-electron chi connectivity index (χ3n) is 4.51. The average molecular weight is 261 g/mol. The summed E-state index contributed by atoms with van der Waals surface area (Å²) in [6.07, 6.45) is 3.51. The van der Waals surface area contributed by atoms with Crippen LogP contribution in [0.2, 0.25) is 0 Å². The fourth-order valence-corrected chi connectivity index (χ4v) is 3.35. The van der Waals surface area contributed by atoms with Crippen molar-refractivity contribution >= 4 is 17.0 Å². The molecule has 0 radical (unpaired) electrons. The second kappa shape index (κ2) is 3.95. The number of benzene rings is 1. The highest BCUT2D eigenvalue weighted by atomic mass is 19.1. The minimum atomic E-state index is -0.220. The number of rotatable bonds is 1. The van der Waals surface area contributed by atoms with E-state index in [4.69, 9.17) is 5.73 Å². The lowest BCUT2D eigenvalue weighted by atomic mass is 9.87. The van der Waals surface area contributed by atoms with E-state index in [0.717, 1.165) is 11.9 Å². The Bertz CT molecular complexity index is 642. The summed E-state index contributed by atoms with van der Waals surface area (Å²) in [6, 6.07) is 3.70. The number of aromatic nitrogens is 2. The van der Waals surface area contributed by atoms with Crippen LogP contribution < -0.4 is 5.73 Å². The molecule has 1 aromatic heterocycles. The van der Waals surface area contributed by atoms with Crippen LogP contribution in [0.5, 0.6) is 0 Å². The van der Waals surface area contributed by atoms with Gasteiger partial charge in [0.2, 0.25) is 5.95 Å². The van der Waals surface area contributed by atoms with E-state index in [1.54, 1.807) is 6.92 Å².